The van der Waals surface area contributed by atoms with Crippen molar-refractivity contribution in [2.24, 2.45) is 0 Å². The molecule has 184 valence electrons. The van der Waals surface area contributed by atoms with E-state index in [1.54, 1.807) is 12.1 Å². The van der Waals surface area contributed by atoms with E-state index in [1.165, 1.54) is 23.4 Å². The van der Waals surface area contributed by atoms with Crippen LogP contribution in [0.2, 0.25) is 0 Å². The maximum absolute atomic E-state index is 13.0. The predicted molar refractivity (Wildman–Crippen MR) is 129 cm³/mol. The number of carbonyl (C=O) groups is 1. The van der Waals surface area contributed by atoms with Gasteiger partial charge >= 0.3 is 0 Å². The molecule has 2 aromatic rings. The lowest BCUT2D eigenvalue weighted by atomic mass is 10.3. The molecule has 0 saturated carbocycles. The Labute approximate surface area is 200 Å². The van der Waals surface area contributed by atoms with Crippen LogP contribution < -0.4 is 15.1 Å². The number of piperazine rings is 2. The number of aromatic nitrogens is 2. The molecule has 11 nitrogen and oxygen atoms in total. The Morgan fingerprint density at radius 3 is 1.88 bits per heavy atom. The summed E-state index contributed by atoms with van der Waals surface area (Å²) in [6, 6.07) is 10.1. The van der Waals surface area contributed by atoms with Gasteiger partial charge in [-0.25, -0.2) is 8.42 Å². The number of aliphatic hydroxyl groups excluding tert-OH is 1. The number of amides is 1. The summed E-state index contributed by atoms with van der Waals surface area (Å²) in [4.78, 5) is 17.8. The number of benzene rings is 1. The van der Waals surface area contributed by atoms with Crippen LogP contribution in [0, 0.1) is 0 Å². The zero-order chi connectivity index (χ0) is 24.1. The van der Waals surface area contributed by atoms with Crippen molar-refractivity contribution in [3.63, 3.8) is 0 Å². The predicted octanol–water partition coefficient (Wildman–Crippen LogP) is 0.0602. The topological polar surface area (TPSA) is 122 Å². The lowest BCUT2D eigenvalue weighted by molar-refractivity contribution is -0.114. The Kier molecular flexibility index (Phi) is 7.61. The smallest absolute Gasteiger partial charge is 0.243 e. The van der Waals surface area contributed by atoms with E-state index in [1.807, 2.05) is 17.0 Å². The molecule has 2 aliphatic rings. The van der Waals surface area contributed by atoms with Crippen LogP contribution in [0.4, 0.5) is 17.3 Å². The second-order valence-electron chi connectivity index (χ2n) is 8.40. The molecular weight excluding hydrogens is 458 g/mol. The van der Waals surface area contributed by atoms with Gasteiger partial charge in [-0.15, -0.1) is 10.2 Å². The minimum atomic E-state index is -3.61. The Morgan fingerprint density at radius 2 is 1.41 bits per heavy atom. The van der Waals surface area contributed by atoms with E-state index < -0.39 is 10.0 Å². The molecule has 12 heteroatoms. The van der Waals surface area contributed by atoms with E-state index in [2.05, 4.69) is 25.3 Å². The SMILES string of the molecule is CC(=O)Nc1ccc(S(=O)(=O)N2CCN(c3ccc(N4CCN(CCO)CC4)nn3)CC2)cc1. The molecule has 2 aliphatic heterocycles. The molecule has 4 rings (SSSR count). The van der Waals surface area contributed by atoms with Crippen LogP contribution in [0.1, 0.15) is 6.92 Å². The first-order valence-electron chi connectivity index (χ1n) is 11.4. The van der Waals surface area contributed by atoms with Gasteiger partial charge < -0.3 is 20.2 Å². The highest BCUT2D eigenvalue weighted by Gasteiger charge is 2.29. The summed E-state index contributed by atoms with van der Waals surface area (Å²) in [6.45, 7) is 7.49. The summed E-state index contributed by atoms with van der Waals surface area (Å²) in [5.41, 5.74) is 0.560. The Hall–Kier alpha value is -2.80. The monoisotopic (exact) mass is 489 g/mol. The molecule has 2 N–H and O–H groups in total. The van der Waals surface area contributed by atoms with Gasteiger partial charge in [0.2, 0.25) is 15.9 Å². The number of sulfonamides is 1. The van der Waals surface area contributed by atoms with E-state index >= 15 is 0 Å². The van der Waals surface area contributed by atoms with E-state index in [4.69, 9.17) is 5.11 Å². The number of hydrogen-bond donors (Lipinski definition) is 2. The van der Waals surface area contributed by atoms with Gasteiger partial charge in [-0.2, -0.15) is 4.31 Å². The molecule has 3 heterocycles. The Bertz CT molecular complexity index is 1060. The first-order chi connectivity index (χ1) is 16.4. The number of nitrogens with zero attached hydrogens (tertiary/aromatic N) is 6. The standard InChI is InChI=1S/C22H31N7O4S/c1-18(31)23-19-2-4-20(5-3-19)34(32,33)29-14-12-28(13-15-29)22-7-6-21(24-25-22)27-10-8-26(9-11-27)16-17-30/h2-7,30H,8-17H2,1H3,(H,23,31). The van der Waals surface area contributed by atoms with Crippen LogP contribution in [0.3, 0.4) is 0 Å². The molecule has 2 saturated heterocycles. The van der Waals surface area contributed by atoms with Gasteiger partial charge in [-0.1, -0.05) is 0 Å². The van der Waals surface area contributed by atoms with Crippen molar-refractivity contribution < 1.29 is 18.3 Å². The quantitative estimate of drug-likeness (QED) is 0.556. The third-order valence-electron chi connectivity index (χ3n) is 6.12. The van der Waals surface area contributed by atoms with E-state index in [0.717, 1.165) is 37.8 Å². The van der Waals surface area contributed by atoms with E-state index in [9.17, 15) is 13.2 Å². The lowest BCUT2D eigenvalue weighted by Gasteiger charge is -2.36. The number of carbonyl (C=O) groups excluding carboxylic acids is 1. The highest BCUT2D eigenvalue weighted by atomic mass is 32.2. The van der Waals surface area contributed by atoms with Crippen LogP contribution in [-0.2, 0) is 14.8 Å². The van der Waals surface area contributed by atoms with E-state index in [-0.39, 0.29) is 17.4 Å². The van der Waals surface area contributed by atoms with Gasteiger partial charge in [0, 0.05) is 71.5 Å². The average Bonchev–Trinajstić information content (AvgIpc) is 2.85. The van der Waals surface area contributed by atoms with E-state index in [0.29, 0.717) is 38.4 Å². The van der Waals surface area contributed by atoms with Crippen LogP contribution in [-0.4, -0.2) is 104 Å². The molecular formula is C22H31N7O4S. The van der Waals surface area contributed by atoms with Gasteiger partial charge in [0.25, 0.3) is 0 Å². The van der Waals surface area contributed by atoms with Crippen molar-refractivity contribution in [1.29, 1.82) is 0 Å². The largest absolute Gasteiger partial charge is 0.395 e. The fourth-order valence-electron chi connectivity index (χ4n) is 4.22. The maximum Gasteiger partial charge on any atom is 0.243 e. The summed E-state index contributed by atoms with van der Waals surface area (Å²) >= 11 is 0. The fourth-order valence-corrected chi connectivity index (χ4v) is 5.64. The fraction of sp³-hybridized carbons (Fsp3) is 0.500. The molecule has 0 unspecified atom stereocenters. The minimum Gasteiger partial charge on any atom is -0.395 e. The maximum atomic E-state index is 13.0. The second-order valence-corrected chi connectivity index (χ2v) is 10.3. The van der Waals surface area contributed by atoms with Crippen molar-refractivity contribution >= 4 is 33.3 Å². The molecule has 34 heavy (non-hydrogen) atoms. The average molecular weight is 490 g/mol. The van der Waals surface area contributed by atoms with Crippen LogP contribution in [0.15, 0.2) is 41.3 Å². The highest BCUT2D eigenvalue weighted by molar-refractivity contribution is 7.89. The molecule has 1 aromatic heterocycles. The molecule has 2 fully saturated rings. The number of aliphatic hydroxyl groups is 1. The van der Waals surface area contributed by atoms with Gasteiger partial charge in [0.15, 0.2) is 11.6 Å². The van der Waals surface area contributed by atoms with Crippen molar-refractivity contribution in [2.75, 3.05) is 80.6 Å². The van der Waals surface area contributed by atoms with Crippen molar-refractivity contribution in [1.82, 2.24) is 19.4 Å². The number of anilines is 3. The van der Waals surface area contributed by atoms with Crippen molar-refractivity contribution in [3.05, 3.63) is 36.4 Å². The van der Waals surface area contributed by atoms with Crippen molar-refractivity contribution in [2.45, 2.75) is 11.8 Å². The lowest BCUT2D eigenvalue weighted by Crippen LogP contribution is -2.49. The second kappa shape index (κ2) is 10.6. The van der Waals surface area contributed by atoms with Gasteiger partial charge in [-0.3, -0.25) is 9.69 Å². The molecule has 0 radical (unpaired) electrons. The third kappa shape index (κ3) is 5.63. The zero-order valence-electron chi connectivity index (χ0n) is 19.3. The molecule has 0 spiro atoms. The number of nitrogens with one attached hydrogen (secondary N) is 1. The minimum absolute atomic E-state index is 0.175. The summed E-state index contributed by atoms with van der Waals surface area (Å²) < 4.78 is 27.5. The van der Waals surface area contributed by atoms with Gasteiger partial charge in [0.05, 0.1) is 11.5 Å². The molecule has 0 atom stereocenters. The molecule has 1 aromatic carbocycles. The number of hydrogen-bond acceptors (Lipinski definition) is 9. The van der Waals surface area contributed by atoms with Crippen LogP contribution in [0.5, 0.6) is 0 Å². The number of β-amino-alcohol motifs (C(OH)–C–C–N with tert-alkyl or cyclic N) is 1. The van der Waals surface area contributed by atoms with Crippen LogP contribution >= 0.6 is 0 Å². The normalized spacial score (nSPS) is 18.2. The van der Waals surface area contributed by atoms with Crippen molar-refractivity contribution in [3.8, 4) is 0 Å². The number of rotatable bonds is 7. The summed E-state index contributed by atoms with van der Waals surface area (Å²) in [7, 11) is -3.61. The van der Waals surface area contributed by atoms with Crippen LogP contribution in [0.25, 0.3) is 0 Å². The molecule has 1 amide bonds. The summed E-state index contributed by atoms with van der Waals surface area (Å²) in [5.74, 6) is 1.36. The van der Waals surface area contributed by atoms with Gasteiger partial charge in [0.1, 0.15) is 0 Å². The molecule has 0 bridgehead atoms. The summed E-state index contributed by atoms with van der Waals surface area (Å²) in [5, 5.41) is 20.5. The Balaban J connectivity index is 1.32. The summed E-state index contributed by atoms with van der Waals surface area (Å²) in [6.07, 6.45) is 0. The molecule has 0 aliphatic carbocycles. The van der Waals surface area contributed by atoms with Gasteiger partial charge in [-0.05, 0) is 36.4 Å². The first-order valence-corrected chi connectivity index (χ1v) is 12.9. The Morgan fingerprint density at radius 1 is 0.882 bits per heavy atom. The first kappa shape index (κ1) is 24.3. The zero-order valence-corrected chi connectivity index (χ0v) is 20.1. The third-order valence-corrected chi connectivity index (χ3v) is 8.04. The highest BCUT2D eigenvalue weighted by Crippen LogP contribution is 2.22.